The Balaban J connectivity index is 1.95. The summed E-state index contributed by atoms with van der Waals surface area (Å²) in [5.41, 5.74) is 0.346. The van der Waals surface area contributed by atoms with E-state index in [1.165, 1.54) is 12.8 Å². The monoisotopic (exact) mass is 258 g/mol. The van der Waals surface area contributed by atoms with Gasteiger partial charge in [-0.05, 0) is 36.7 Å². The average molecular weight is 258 g/mol. The first kappa shape index (κ1) is 12.4. The minimum absolute atomic E-state index is 0.237. The number of benzene rings is 1. The number of carbonyl (C=O) groups is 2. The van der Waals surface area contributed by atoms with Gasteiger partial charge < -0.3 is 5.11 Å². The second-order valence-corrected chi connectivity index (χ2v) is 6.14. The van der Waals surface area contributed by atoms with Crippen LogP contribution in [0.4, 0.5) is 0 Å². The van der Waals surface area contributed by atoms with Crippen molar-refractivity contribution in [3.63, 3.8) is 0 Å². The number of carbonyl (C=O) groups excluding carboxylic acids is 1. The van der Waals surface area contributed by atoms with Gasteiger partial charge in [0, 0.05) is 0 Å². The molecule has 1 N–H and O–H groups in total. The summed E-state index contributed by atoms with van der Waals surface area (Å²) >= 11 is 0. The Bertz CT molecular complexity index is 504. The molecule has 0 heterocycles. The molecule has 1 spiro atoms. The molecule has 2 aliphatic rings. The van der Waals surface area contributed by atoms with Crippen LogP contribution in [-0.2, 0) is 15.0 Å². The van der Waals surface area contributed by atoms with E-state index >= 15 is 0 Å². The van der Waals surface area contributed by atoms with Crippen molar-refractivity contribution >= 4 is 11.8 Å². The van der Waals surface area contributed by atoms with Crippen molar-refractivity contribution in [2.45, 2.75) is 43.9 Å². The van der Waals surface area contributed by atoms with Gasteiger partial charge in [0.05, 0.1) is 5.41 Å². The Kier molecular flexibility index (Phi) is 2.73. The summed E-state index contributed by atoms with van der Waals surface area (Å²) in [5.74, 6) is -1.92. The van der Waals surface area contributed by atoms with Gasteiger partial charge in [0.15, 0.2) is 0 Å². The van der Waals surface area contributed by atoms with E-state index in [0.717, 1.165) is 31.2 Å². The summed E-state index contributed by atoms with van der Waals surface area (Å²) in [6.45, 7) is 0. The normalized spacial score (nSPS) is 22.9. The Morgan fingerprint density at radius 1 is 1.00 bits per heavy atom. The number of hydrogen-bond donors (Lipinski definition) is 1. The molecule has 0 bridgehead atoms. The number of rotatable bonds is 3. The van der Waals surface area contributed by atoms with Crippen LogP contribution in [0.5, 0.6) is 0 Å². The maximum Gasteiger partial charge on any atom is 0.373 e. The van der Waals surface area contributed by atoms with Gasteiger partial charge >= 0.3 is 5.97 Å². The predicted molar refractivity (Wildman–Crippen MR) is 70.9 cm³/mol. The quantitative estimate of drug-likeness (QED) is 0.848. The molecule has 2 saturated carbocycles. The summed E-state index contributed by atoms with van der Waals surface area (Å²) in [6, 6.07) is 9.44. The molecule has 1 aromatic carbocycles. The maximum absolute atomic E-state index is 12.2. The third-order valence-corrected chi connectivity index (χ3v) is 4.97. The third kappa shape index (κ3) is 1.79. The van der Waals surface area contributed by atoms with E-state index in [1.807, 2.05) is 30.3 Å². The lowest BCUT2D eigenvalue weighted by atomic mass is 9.48. The smallest absolute Gasteiger partial charge is 0.373 e. The molecule has 0 aromatic heterocycles. The summed E-state index contributed by atoms with van der Waals surface area (Å²) in [6.07, 6.45) is 6.16. The SMILES string of the molecule is O=C(O)C(=O)C1(c2ccccc2)CC2(CCCC2)C1. The molecule has 19 heavy (non-hydrogen) atoms. The molecular formula is C16H18O3. The first-order valence-corrected chi connectivity index (χ1v) is 6.91. The molecule has 100 valence electrons. The largest absolute Gasteiger partial charge is 0.475 e. The predicted octanol–water partition coefficient (Wildman–Crippen LogP) is 2.93. The Labute approximate surface area is 112 Å². The topological polar surface area (TPSA) is 54.4 Å². The van der Waals surface area contributed by atoms with Crippen molar-refractivity contribution < 1.29 is 14.7 Å². The lowest BCUT2D eigenvalue weighted by Crippen LogP contribution is -2.55. The van der Waals surface area contributed by atoms with Gasteiger partial charge in [0.1, 0.15) is 0 Å². The van der Waals surface area contributed by atoms with E-state index in [4.69, 9.17) is 5.11 Å². The minimum Gasteiger partial charge on any atom is -0.475 e. The molecule has 0 saturated heterocycles. The van der Waals surface area contributed by atoms with E-state index in [-0.39, 0.29) is 5.41 Å². The molecule has 2 aliphatic carbocycles. The van der Waals surface area contributed by atoms with Gasteiger partial charge in [0.25, 0.3) is 0 Å². The van der Waals surface area contributed by atoms with E-state index in [1.54, 1.807) is 0 Å². The van der Waals surface area contributed by atoms with E-state index < -0.39 is 17.2 Å². The Hall–Kier alpha value is -1.64. The second kappa shape index (κ2) is 4.19. The summed E-state index contributed by atoms with van der Waals surface area (Å²) in [4.78, 5) is 23.4. The molecule has 1 aromatic rings. The number of hydrogen-bond acceptors (Lipinski definition) is 2. The molecule has 0 amide bonds. The van der Waals surface area contributed by atoms with E-state index in [2.05, 4.69) is 0 Å². The Morgan fingerprint density at radius 3 is 2.11 bits per heavy atom. The number of carboxylic acids is 1. The molecule has 2 fully saturated rings. The zero-order chi connectivity index (χ0) is 13.5. The third-order valence-electron chi connectivity index (χ3n) is 4.97. The highest BCUT2D eigenvalue weighted by Crippen LogP contribution is 2.63. The van der Waals surface area contributed by atoms with Crippen molar-refractivity contribution in [3.05, 3.63) is 35.9 Å². The molecule has 0 atom stereocenters. The van der Waals surface area contributed by atoms with Crippen LogP contribution in [-0.4, -0.2) is 16.9 Å². The van der Waals surface area contributed by atoms with Crippen LogP contribution >= 0.6 is 0 Å². The summed E-state index contributed by atoms with van der Waals surface area (Å²) < 4.78 is 0. The molecule has 3 heteroatoms. The molecule has 0 unspecified atom stereocenters. The second-order valence-electron chi connectivity index (χ2n) is 6.14. The number of Topliss-reactive ketones (excluding diaryl/α,β-unsaturated/α-hetero) is 1. The van der Waals surface area contributed by atoms with Crippen LogP contribution in [0.3, 0.4) is 0 Å². The van der Waals surface area contributed by atoms with Crippen molar-refractivity contribution in [1.82, 2.24) is 0 Å². The fourth-order valence-electron chi connectivity index (χ4n) is 4.16. The zero-order valence-corrected chi connectivity index (χ0v) is 10.9. The molecular weight excluding hydrogens is 240 g/mol. The van der Waals surface area contributed by atoms with E-state index in [0.29, 0.717) is 0 Å². The maximum atomic E-state index is 12.2. The zero-order valence-electron chi connectivity index (χ0n) is 10.9. The van der Waals surface area contributed by atoms with E-state index in [9.17, 15) is 9.59 Å². The van der Waals surface area contributed by atoms with Crippen molar-refractivity contribution in [3.8, 4) is 0 Å². The van der Waals surface area contributed by atoms with Gasteiger partial charge in [-0.25, -0.2) is 4.79 Å². The fourth-order valence-corrected chi connectivity index (χ4v) is 4.16. The van der Waals surface area contributed by atoms with Gasteiger partial charge in [-0.2, -0.15) is 0 Å². The summed E-state index contributed by atoms with van der Waals surface area (Å²) in [5, 5.41) is 9.13. The standard InChI is InChI=1S/C16H18O3/c17-13(14(18)19)16(12-6-2-1-3-7-12)10-15(11-16)8-4-5-9-15/h1-3,6-7H,4-5,8-11H2,(H,18,19). The average Bonchev–Trinajstić information content (AvgIpc) is 2.85. The number of aliphatic carboxylic acids is 1. The van der Waals surface area contributed by atoms with Crippen molar-refractivity contribution in [2.24, 2.45) is 5.41 Å². The first-order valence-electron chi connectivity index (χ1n) is 6.91. The highest BCUT2D eigenvalue weighted by molar-refractivity contribution is 6.36. The van der Waals surface area contributed by atoms with Crippen LogP contribution in [0.25, 0.3) is 0 Å². The number of ketones is 1. The van der Waals surface area contributed by atoms with Crippen LogP contribution in [0.1, 0.15) is 44.1 Å². The lowest BCUT2D eigenvalue weighted by molar-refractivity contribution is -0.157. The molecule has 3 nitrogen and oxygen atoms in total. The fraction of sp³-hybridized carbons (Fsp3) is 0.500. The van der Waals surface area contributed by atoms with Gasteiger partial charge in [-0.3, -0.25) is 4.79 Å². The lowest BCUT2D eigenvalue weighted by Gasteiger charge is -2.53. The molecule has 0 radical (unpaired) electrons. The molecule has 3 rings (SSSR count). The minimum atomic E-state index is -1.29. The van der Waals surface area contributed by atoms with Crippen LogP contribution in [0.15, 0.2) is 30.3 Å². The van der Waals surface area contributed by atoms with Crippen LogP contribution in [0.2, 0.25) is 0 Å². The summed E-state index contributed by atoms with van der Waals surface area (Å²) in [7, 11) is 0. The van der Waals surface area contributed by atoms with Gasteiger partial charge in [0.2, 0.25) is 5.78 Å². The van der Waals surface area contributed by atoms with Gasteiger partial charge in [-0.15, -0.1) is 0 Å². The van der Waals surface area contributed by atoms with Gasteiger partial charge in [-0.1, -0.05) is 43.2 Å². The first-order chi connectivity index (χ1) is 9.08. The van der Waals surface area contributed by atoms with Crippen molar-refractivity contribution in [2.75, 3.05) is 0 Å². The Morgan fingerprint density at radius 2 is 1.58 bits per heavy atom. The van der Waals surface area contributed by atoms with Crippen molar-refractivity contribution in [1.29, 1.82) is 0 Å². The van der Waals surface area contributed by atoms with Crippen LogP contribution < -0.4 is 0 Å². The molecule has 0 aliphatic heterocycles. The number of carboxylic acid groups (broad SMARTS) is 1. The van der Waals surface area contributed by atoms with Crippen LogP contribution in [0, 0.1) is 5.41 Å². The highest BCUT2D eigenvalue weighted by Gasteiger charge is 2.61. The highest BCUT2D eigenvalue weighted by atomic mass is 16.4.